The summed E-state index contributed by atoms with van der Waals surface area (Å²) in [5, 5.41) is 0. The van der Waals surface area contributed by atoms with Crippen LogP contribution in [0.25, 0.3) is 0 Å². The van der Waals surface area contributed by atoms with Gasteiger partial charge in [-0.15, -0.1) is 0 Å². The molecule has 0 bridgehead atoms. The highest BCUT2D eigenvalue weighted by atomic mass is 15.1. The van der Waals surface area contributed by atoms with Crippen LogP contribution in [0.2, 0.25) is 0 Å². The Morgan fingerprint density at radius 3 is 2.88 bits per heavy atom. The number of nitrogens with two attached hydrogens (primary N) is 1. The largest absolute Gasteiger partial charge is 0.398 e. The van der Waals surface area contributed by atoms with Crippen LogP contribution in [0.5, 0.6) is 0 Å². The maximum absolute atomic E-state index is 6.00. The van der Waals surface area contributed by atoms with E-state index in [4.69, 9.17) is 5.73 Å². The number of hydrogen-bond donors (Lipinski definition) is 1. The topological polar surface area (TPSA) is 29.3 Å². The second-order valence-corrected chi connectivity index (χ2v) is 4.75. The number of anilines is 1. The minimum Gasteiger partial charge on any atom is -0.398 e. The molecule has 0 aliphatic carbocycles. The van der Waals surface area contributed by atoms with Gasteiger partial charge in [0, 0.05) is 25.3 Å². The summed E-state index contributed by atoms with van der Waals surface area (Å²) >= 11 is 0. The molecule has 16 heavy (non-hydrogen) atoms. The van der Waals surface area contributed by atoms with Crippen LogP contribution in [-0.2, 0) is 6.54 Å². The molecule has 0 aromatic heterocycles. The zero-order valence-corrected chi connectivity index (χ0v) is 10.2. The van der Waals surface area contributed by atoms with Crippen LogP contribution in [0.1, 0.15) is 24.5 Å². The van der Waals surface area contributed by atoms with Gasteiger partial charge in [0.15, 0.2) is 0 Å². The fourth-order valence-electron chi connectivity index (χ4n) is 2.24. The van der Waals surface area contributed by atoms with Crippen molar-refractivity contribution in [3.8, 4) is 0 Å². The van der Waals surface area contributed by atoms with Crippen molar-refractivity contribution in [3.63, 3.8) is 0 Å². The molecule has 0 fully saturated rings. The van der Waals surface area contributed by atoms with Gasteiger partial charge in [0.2, 0.25) is 0 Å². The average molecular weight is 216 g/mol. The monoisotopic (exact) mass is 216 g/mol. The average Bonchev–Trinajstić information content (AvgIpc) is 2.24. The van der Waals surface area contributed by atoms with E-state index in [0.29, 0.717) is 0 Å². The lowest BCUT2D eigenvalue weighted by atomic mass is 10.1. The lowest BCUT2D eigenvalue weighted by molar-refractivity contribution is 0.283. The number of nitrogens with zero attached hydrogens (tertiary/aromatic N) is 1. The molecule has 2 nitrogen and oxygen atoms in total. The third-order valence-electron chi connectivity index (χ3n) is 3.10. The molecular weight excluding hydrogens is 196 g/mol. The smallest absolute Gasteiger partial charge is 0.0359 e. The van der Waals surface area contributed by atoms with Gasteiger partial charge in [0.1, 0.15) is 0 Å². The van der Waals surface area contributed by atoms with Gasteiger partial charge in [0.05, 0.1) is 0 Å². The first-order valence-corrected chi connectivity index (χ1v) is 5.88. The summed E-state index contributed by atoms with van der Waals surface area (Å²) in [7, 11) is 0. The molecule has 1 aliphatic heterocycles. The summed E-state index contributed by atoms with van der Waals surface area (Å²) in [4.78, 5) is 2.46. The van der Waals surface area contributed by atoms with Crippen molar-refractivity contribution in [1.82, 2.24) is 4.90 Å². The van der Waals surface area contributed by atoms with Crippen molar-refractivity contribution in [3.05, 3.63) is 41.0 Å². The predicted octanol–water partition coefficient (Wildman–Crippen LogP) is 2.73. The number of rotatable bonds is 2. The zero-order chi connectivity index (χ0) is 11.5. The molecule has 2 heteroatoms. The molecular formula is C14H20N2. The first-order valence-electron chi connectivity index (χ1n) is 5.88. The summed E-state index contributed by atoms with van der Waals surface area (Å²) in [5.41, 5.74) is 10.9. The van der Waals surface area contributed by atoms with Gasteiger partial charge in [-0.2, -0.15) is 0 Å². The molecule has 1 heterocycles. The van der Waals surface area contributed by atoms with Crippen molar-refractivity contribution in [2.75, 3.05) is 18.8 Å². The summed E-state index contributed by atoms with van der Waals surface area (Å²) < 4.78 is 0. The molecule has 0 saturated heterocycles. The van der Waals surface area contributed by atoms with Gasteiger partial charge in [0.25, 0.3) is 0 Å². The molecule has 0 atom stereocenters. The number of hydrogen-bond acceptors (Lipinski definition) is 2. The van der Waals surface area contributed by atoms with Gasteiger partial charge >= 0.3 is 0 Å². The first kappa shape index (κ1) is 11.2. The maximum atomic E-state index is 6.00. The maximum Gasteiger partial charge on any atom is 0.0359 e. The molecule has 0 radical (unpaired) electrons. The van der Waals surface area contributed by atoms with Gasteiger partial charge in [-0.1, -0.05) is 29.3 Å². The second-order valence-electron chi connectivity index (χ2n) is 4.75. The summed E-state index contributed by atoms with van der Waals surface area (Å²) in [6, 6.07) is 6.28. The second kappa shape index (κ2) is 4.71. The van der Waals surface area contributed by atoms with E-state index >= 15 is 0 Å². The van der Waals surface area contributed by atoms with E-state index < -0.39 is 0 Å². The summed E-state index contributed by atoms with van der Waals surface area (Å²) in [5.74, 6) is 0. The zero-order valence-electron chi connectivity index (χ0n) is 10.2. The van der Waals surface area contributed by atoms with Crippen molar-refractivity contribution in [2.45, 2.75) is 26.8 Å². The Hall–Kier alpha value is -1.28. The third-order valence-corrected chi connectivity index (χ3v) is 3.10. The minimum absolute atomic E-state index is 0.915. The Balaban J connectivity index is 2.09. The molecule has 1 aromatic carbocycles. The Labute approximate surface area is 97.8 Å². The minimum atomic E-state index is 0.915. The molecule has 2 rings (SSSR count). The Morgan fingerprint density at radius 1 is 1.31 bits per heavy atom. The molecule has 0 spiro atoms. The van der Waals surface area contributed by atoms with Crippen LogP contribution in [-0.4, -0.2) is 18.0 Å². The lowest BCUT2D eigenvalue weighted by Gasteiger charge is -2.26. The lowest BCUT2D eigenvalue weighted by Crippen LogP contribution is -2.29. The molecule has 0 saturated carbocycles. The van der Waals surface area contributed by atoms with Crippen molar-refractivity contribution in [2.24, 2.45) is 0 Å². The Morgan fingerprint density at radius 2 is 2.12 bits per heavy atom. The van der Waals surface area contributed by atoms with Gasteiger partial charge in [-0.05, 0) is 31.9 Å². The number of aryl methyl sites for hydroxylation is 1. The Kier molecular flexibility index (Phi) is 3.30. The molecule has 0 amide bonds. The van der Waals surface area contributed by atoms with E-state index in [0.717, 1.165) is 31.7 Å². The highest BCUT2D eigenvalue weighted by Crippen LogP contribution is 2.18. The van der Waals surface area contributed by atoms with Crippen molar-refractivity contribution in [1.29, 1.82) is 0 Å². The predicted molar refractivity (Wildman–Crippen MR) is 69.2 cm³/mol. The van der Waals surface area contributed by atoms with Crippen LogP contribution in [0.3, 0.4) is 0 Å². The van der Waals surface area contributed by atoms with Crippen LogP contribution in [0.15, 0.2) is 29.8 Å². The fraction of sp³-hybridized carbons (Fsp3) is 0.429. The van der Waals surface area contributed by atoms with Gasteiger partial charge in [-0.25, -0.2) is 0 Å². The van der Waals surface area contributed by atoms with Crippen molar-refractivity contribution >= 4 is 5.69 Å². The number of benzene rings is 1. The summed E-state index contributed by atoms with van der Waals surface area (Å²) in [6.45, 7) is 7.51. The SMILES string of the molecule is CC1=CCCN(Cc2cc(C)ccc2N)C1. The third kappa shape index (κ3) is 2.64. The van der Waals surface area contributed by atoms with E-state index in [9.17, 15) is 0 Å². The summed E-state index contributed by atoms with van der Waals surface area (Å²) in [6.07, 6.45) is 3.49. The standard InChI is InChI=1S/C14H20N2/c1-11-5-6-14(15)13(8-11)10-16-7-3-4-12(2)9-16/h4-6,8H,3,7,9-10,15H2,1-2H3. The molecule has 1 aliphatic rings. The van der Waals surface area contributed by atoms with E-state index in [1.165, 1.54) is 16.7 Å². The normalized spacial score (nSPS) is 17.2. The molecule has 86 valence electrons. The van der Waals surface area contributed by atoms with Gasteiger partial charge < -0.3 is 5.73 Å². The van der Waals surface area contributed by atoms with Crippen LogP contribution < -0.4 is 5.73 Å². The first-order chi connectivity index (χ1) is 7.65. The molecule has 1 aromatic rings. The van der Waals surface area contributed by atoms with Gasteiger partial charge in [-0.3, -0.25) is 4.90 Å². The van der Waals surface area contributed by atoms with E-state index in [2.05, 4.69) is 37.0 Å². The van der Waals surface area contributed by atoms with E-state index in [1.807, 2.05) is 6.07 Å². The molecule has 0 unspecified atom stereocenters. The number of nitrogen functional groups attached to an aromatic ring is 1. The quantitative estimate of drug-likeness (QED) is 0.608. The van der Waals surface area contributed by atoms with Crippen molar-refractivity contribution < 1.29 is 0 Å². The van der Waals surface area contributed by atoms with Crippen LogP contribution >= 0.6 is 0 Å². The van der Waals surface area contributed by atoms with Crippen LogP contribution in [0, 0.1) is 6.92 Å². The highest BCUT2D eigenvalue weighted by Gasteiger charge is 2.11. The highest BCUT2D eigenvalue weighted by molar-refractivity contribution is 5.48. The molecule has 2 N–H and O–H groups in total. The van der Waals surface area contributed by atoms with E-state index in [1.54, 1.807) is 0 Å². The van der Waals surface area contributed by atoms with Crippen LogP contribution in [0.4, 0.5) is 5.69 Å². The Bertz CT molecular complexity index is 407. The fourth-order valence-corrected chi connectivity index (χ4v) is 2.24. The van der Waals surface area contributed by atoms with E-state index in [-0.39, 0.29) is 0 Å².